The lowest BCUT2D eigenvalue weighted by Crippen LogP contribution is -2.10. The minimum atomic E-state index is -0.517. The second-order valence-electron chi connectivity index (χ2n) is 3.76. The molecule has 1 aromatic carbocycles. The van der Waals surface area contributed by atoms with Crippen molar-refractivity contribution < 1.29 is 14.3 Å². The van der Waals surface area contributed by atoms with E-state index in [4.69, 9.17) is 27.8 Å². The molecule has 0 aliphatic rings. The van der Waals surface area contributed by atoms with E-state index >= 15 is 0 Å². The van der Waals surface area contributed by atoms with Gasteiger partial charge in [-0.3, -0.25) is 4.79 Å². The van der Waals surface area contributed by atoms with Crippen LogP contribution in [0.25, 0.3) is 0 Å². The lowest BCUT2D eigenvalue weighted by atomic mass is 10.1. The predicted octanol–water partition coefficient (Wildman–Crippen LogP) is 1.94. The zero-order chi connectivity index (χ0) is 13.5. The number of carbonyl (C=O) groups is 2. The molecule has 0 saturated heterocycles. The van der Waals surface area contributed by atoms with Gasteiger partial charge in [-0.1, -0.05) is 6.07 Å². The van der Waals surface area contributed by atoms with Crippen molar-refractivity contribution in [3.8, 4) is 0 Å². The molecule has 0 heterocycles. The monoisotopic (exact) mass is 270 g/mol. The van der Waals surface area contributed by atoms with Gasteiger partial charge in [-0.2, -0.15) is 0 Å². The van der Waals surface area contributed by atoms with Gasteiger partial charge in [0.2, 0.25) is 5.24 Å². The molecule has 0 amide bonds. The molecule has 1 aromatic rings. The minimum Gasteiger partial charge on any atom is -0.462 e. The Labute approximate surface area is 110 Å². The van der Waals surface area contributed by atoms with Crippen molar-refractivity contribution in [2.24, 2.45) is 0 Å². The number of nitrogen functional groups attached to an aromatic ring is 2. The third-order valence-corrected chi connectivity index (χ3v) is 2.55. The fourth-order valence-corrected chi connectivity index (χ4v) is 1.50. The molecule has 0 atom stereocenters. The second-order valence-corrected chi connectivity index (χ2v) is 4.18. The molecule has 0 bridgehead atoms. The number of unbranched alkanes of at least 4 members (excludes halogenated alkanes) is 1. The van der Waals surface area contributed by atoms with Crippen LogP contribution < -0.4 is 11.5 Å². The minimum absolute atomic E-state index is 0.219. The molecule has 0 fully saturated rings. The molecule has 0 unspecified atom stereocenters. The first-order chi connectivity index (χ1) is 8.52. The van der Waals surface area contributed by atoms with E-state index in [1.165, 1.54) is 0 Å². The number of hydrogen-bond donors (Lipinski definition) is 2. The van der Waals surface area contributed by atoms with Crippen molar-refractivity contribution >= 4 is 34.2 Å². The summed E-state index contributed by atoms with van der Waals surface area (Å²) in [6, 6.07) is 4.79. The smallest absolute Gasteiger partial charge is 0.340 e. The summed E-state index contributed by atoms with van der Waals surface area (Å²) in [6.07, 6.45) is 1.44. The van der Waals surface area contributed by atoms with Crippen LogP contribution in [0.5, 0.6) is 0 Å². The number of carbonyl (C=O) groups excluding carboxylic acids is 2. The van der Waals surface area contributed by atoms with Crippen LogP contribution in [0, 0.1) is 0 Å². The maximum Gasteiger partial charge on any atom is 0.340 e. The first kappa shape index (κ1) is 14.3. The molecule has 1 rings (SSSR count). The molecule has 5 nitrogen and oxygen atoms in total. The molecule has 98 valence electrons. The van der Waals surface area contributed by atoms with Gasteiger partial charge in [0.15, 0.2) is 0 Å². The summed E-state index contributed by atoms with van der Waals surface area (Å²) in [4.78, 5) is 22.1. The van der Waals surface area contributed by atoms with Crippen LogP contribution in [0.2, 0.25) is 0 Å². The highest BCUT2D eigenvalue weighted by Gasteiger charge is 2.12. The van der Waals surface area contributed by atoms with E-state index in [2.05, 4.69) is 0 Å². The summed E-state index contributed by atoms with van der Waals surface area (Å²) in [7, 11) is 0. The van der Waals surface area contributed by atoms with Crippen molar-refractivity contribution in [1.82, 2.24) is 0 Å². The van der Waals surface area contributed by atoms with Crippen LogP contribution in [0.4, 0.5) is 11.4 Å². The molecule has 0 aromatic heterocycles. The zero-order valence-electron chi connectivity index (χ0n) is 9.82. The normalized spacial score (nSPS) is 10.1. The maximum atomic E-state index is 11.7. The summed E-state index contributed by atoms with van der Waals surface area (Å²) in [5.41, 5.74) is 12.1. The highest BCUT2D eigenvalue weighted by molar-refractivity contribution is 6.63. The van der Waals surface area contributed by atoms with Gasteiger partial charge < -0.3 is 16.2 Å². The van der Waals surface area contributed by atoms with Gasteiger partial charge in [0.1, 0.15) is 0 Å². The van der Waals surface area contributed by atoms with Gasteiger partial charge >= 0.3 is 5.97 Å². The van der Waals surface area contributed by atoms with Crippen molar-refractivity contribution in [3.63, 3.8) is 0 Å². The van der Waals surface area contributed by atoms with Crippen molar-refractivity contribution in [3.05, 3.63) is 23.8 Å². The quantitative estimate of drug-likeness (QED) is 0.356. The Morgan fingerprint density at radius 2 is 1.94 bits per heavy atom. The summed E-state index contributed by atoms with van der Waals surface area (Å²) < 4.78 is 5.02. The molecular weight excluding hydrogens is 256 g/mol. The number of ether oxygens (including phenoxy) is 1. The Bertz CT molecular complexity index is 449. The van der Waals surface area contributed by atoms with E-state index in [0.717, 1.165) is 0 Å². The summed E-state index contributed by atoms with van der Waals surface area (Å²) in [5, 5.41) is -0.388. The Morgan fingerprint density at radius 1 is 1.22 bits per heavy atom. The van der Waals surface area contributed by atoms with Crippen molar-refractivity contribution in [2.45, 2.75) is 19.3 Å². The fraction of sp³-hybridized carbons (Fsp3) is 0.333. The van der Waals surface area contributed by atoms with E-state index in [9.17, 15) is 9.59 Å². The average Bonchev–Trinajstić information content (AvgIpc) is 2.31. The SMILES string of the molecule is Nc1cccc(C(=O)OCCCCC(=O)Cl)c1N. The van der Waals surface area contributed by atoms with E-state index in [1.807, 2.05) is 0 Å². The molecule has 0 aliphatic heterocycles. The number of para-hydroxylation sites is 1. The Morgan fingerprint density at radius 3 is 2.61 bits per heavy atom. The highest BCUT2D eigenvalue weighted by atomic mass is 35.5. The first-order valence-corrected chi connectivity index (χ1v) is 5.89. The van der Waals surface area contributed by atoms with Crippen molar-refractivity contribution in [1.29, 1.82) is 0 Å². The lowest BCUT2D eigenvalue weighted by molar-refractivity contribution is -0.111. The van der Waals surface area contributed by atoms with Gasteiger partial charge in [-0.05, 0) is 36.6 Å². The zero-order valence-corrected chi connectivity index (χ0v) is 10.6. The summed E-state index contributed by atoms with van der Waals surface area (Å²) >= 11 is 5.18. The fourth-order valence-electron chi connectivity index (χ4n) is 1.37. The van der Waals surface area contributed by atoms with Crippen LogP contribution in [-0.2, 0) is 9.53 Å². The maximum absolute atomic E-state index is 11.7. The van der Waals surface area contributed by atoms with E-state index in [-0.39, 0.29) is 29.5 Å². The Hall–Kier alpha value is -1.75. The van der Waals surface area contributed by atoms with Gasteiger partial charge in [0.25, 0.3) is 0 Å². The highest BCUT2D eigenvalue weighted by Crippen LogP contribution is 2.20. The van der Waals surface area contributed by atoms with Gasteiger partial charge in [-0.25, -0.2) is 4.79 Å². The molecular formula is C12H15ClN2O3. The first-order valence-electron chi connectivity index (χ1n) is 5.51. The van der Waals surface area contributed by atoms with Crippen molar-refractivity contribution in [2.75, 3.05) is 18.1 Å². The third-order valence-electron chi connectivity index (χ3n) is 2.36. The van der Waals surface area contributed by atoms with Crippen LogP contribution in [0.3, 0.4) is 0 Å². The lowest BCUT2D eigenvalue weighted by Gasteiger charge is -2.08. The number of esters is 1. The largest absolute Gasteiger partial charge is 0.462 e. The van der Waals surface area contributed by atoms with E-state index in [1.54, 1.807) is 18.2 Å². The number of anilines is 2. The van der Waals surface area contributed by atoms with E-state index < -0.39 is 5.97 Å². The van der Waals surface area contributed by atoms with Gasteiger partial charge in [-0.15, -0.1) is 0 Å². The average molecular weight is 271 g/mol. The molecule has 4 N–H and O–H groups in total. The van der Waals surface area contributed by atoms with Crippen LogP contribution >= 0.6 is 11.6 Å². The number of nitrogens with two attached hydrogens (primary N) is 2. The number of benzene rings is 1. The number of rotatable bonds is 6. The van der Waals surface area contributed by atoms with E-state index in [0.29, 0.717) is 18.5 Å². The van der Waals surface area contributed by atoms with Crippen LogP contribution in [0.1, 0.15) is 29.6 Å². The molecule has 0 saturated carbocycles. The second kappa shape index (κ2) is 6.86. The Kier molecular flexibility index (Phi) is 5.45. The molecule has 6 heteroatoms. The molecule has 0 aliphatic carbocycles. The molecule has 0 spiro atoms. The van der Waals surface area contributed by atoms with Crippen LogP contribution in [-0.4, -0.2) is 17.8 Å². The van der Waals surface area contributed by atoms with Gasteiger partial charge in [0.05, 0.1) is 23.5 Å². The predicted molar refractivity (Wildman–Crippen MR) is 70.3 cm³/mol. The molecule has 18 heavy (non-hydrogen) atoms. The number of halogens is 1. The number of hydrogen-bond acceptors (Lipinski definition) is 5. The van der Waals surface area contributed by atoms with Gasteiger partial charge in [0, 0.05) is 6.42 Å². The third kappa shape index (κ3) is 4.25. The topological polar surface area (TPSA) is 95.4 Å². The standard InChI is InChI=1S/C12H15ClN2O3/c13-10(16)6-1-2-7-18-12(17)8-4-3-5-9(14)11(8)15/h3-5H,1-2,6-7,14-15H2. The molecule has 0 radical (unpaired) electrons. The summed E-state index contributed by atoms with van der Waals surface area (Å²) in [6.45, 7) is 0.219. The van der Waals surface area contributed by atoms with Crippen LogP contribution in [0.15, 0.2) is 18.2 Å². The summed E-state index contributed by atoms with van der Waals surface area (Å²) in [5.74, 6) is -0.517. The Balaban J connectivity index is 2.41.